The Bertz CT molecular complexity index is 481. The Hall–Kier alpha value is -1.06. The van der Waals surface area contributed by atoms with E-state index in [1.54, 1.807) is 0 Å². The first kappa shape index (κ1) is 14.9. The van der Waals surface area contributed by atoms with Crippen molar-refractivity contribution in [2.24, 2.45) is 0 Å². The van der Waals surface area contributed by atoms with Gasteiger partial charge in [-0.15, -0.1) is 0 Å². The first-order valence-corrected chi connectivity index (χ1v) is 8.49. The fourth-order valence-electron chi connectivity index (χ4n) is 3.32. The van der Waals surface area contributed by atoms with Gasteiger partial charge in [-0.3, -0.25) is 4.90 Å². The van der Waals surface area contributed by atoms with Crippen molar-refractivity contribution < 1.29 is 0 Å². The molecule has 0 radical (unpaired) electrons. The maximum Gasteiger partial charge on any atom is 0.0370 e. The molecule has 1 saturated carbocycles. The Kier molecular flexibility index (Phi) is 4.51. The first-order valence-electron chi connectivity index (χ1n) is 8.49. The molecular formula is C18H29N3. The largest absolute Gasteiger partial charge is 0.369 e. The minimum Gasteiger partial charge on any atom is -0.369 e. The number of anilines is 1. The van der Waals surface area contributed by atoms with E-state index in [9.17, 15) is 0 Å². The van der Waals surface area contributed by atoms with Gasteiger partial charge in [-0.2, -0.15) is 0 Å². The van der Waals surface area contributed by atoms with E-state index in [0.717, 1.165) is 25.7 Å². The van der Waals surface area contributed by atoms with Crippen LogP contribution in [0.1, 0.15) is 37.8 Å². The fraction of sp³-hybridized carbons (Fsp3) is 0.667. The van der Waals surface area contributed by atoms with Crippen molar-refractivity contribution in [1.29, 1.82) is 0 Å². The summed E-state index contributed by atoms with van der Waals surface area (Å²) in [7, 11) is 0. The number of rotatable bonds is 5. The highest BCUT2D eigenvalue weighted by Crippen LogP contribution is 2.24. The van der Waals surface area contributed by atoms with Gasteiger partial charge in [0.1, 0.15) is 0 Å². The fourth-order valence-corrected chi connectivity index (χ4v) is 3.32. The number of hydrogen-bond donors (Lipinski definition) is 1. The molecule has 2 aliphatic rings. The van der Waals surface area contributed by atoms with Gasteiger partial charge in [0.15, 0.2) is 0 Å². The van der Waals surface area contributed by atoms with E-state index in [2.05, 4.69) is 54.1 Å². The zero-order valence-corrected chi connectivity index (χ0v) is 13.7. The average molecular weight is 287 g/mol. The summed E-state index contributed by atoms with van der Waals surface area (Å²) in [4.78, 5) is 5.11. The molecule has 1 aliphatic carbocycles. The SMILES string of the molecule is CCN1CCN(c2ccc(CNC3CC3)c(C)c2)CC1C. The van der Waals surface area contributed by atoms with E-state index in [1.807, 2.05) is 0 Å². The van der Waals surface area contributed by atoms with Crippen molar-refractivity contribution in [2.75, 3.05) is 31.1 Å². The van der Waals surface area contributed by atoms with Crippen LogP contribution < -0.4 is 10.2 Å². The normalized spacial score (nSPS) is 23.6. The summed E-state index contributed by atoms with van der Waals surface area (Å²) in [5.74, 6) is 0. The zero-order valence-electron chi connectivity index (χ0n) is 13.7. The molecule has 0 aromatic heterocycles. The molecule has 1 heterocycles. The Morgan fingerprint density at radius 1 is 1.24 bits per heavy atom. The van der Waals surface area contributed by atoms with Crippen molar-refractivity contribution >= 4 is 5.69 Å². The Morgan fingerprint density at radius 3 is 2.67 bits per heavy atom. The van der Waals surface area contributed by atoms with Gasteiger partial charge in [0.2, 0.25) is 0 Å². The Labute approximate surface area is 129 Å². The van der Waals surface area contributed by atoms with Crippen molar-refractivity contribution in [3.8, 4) is 0 Å². The van der Waals surface area contributed by atoms with E-state index in [-0.39, 0.29) is 0 Å². The smallest absolute Gasteiger partial charge is 0.0370 e. The van der Waals surface area contributed by atoms with Gasteiger partial charge in [0.05, 0.1) is 0 Å². The highest BCUT2D eigenvalue weighted by atomic mass is 15.3. The lowest BCUT2D eigenvalue weighted by molar-refractivity contribution is 0.199. The molecule has 1 aromatic rings. The molecule has 0 bridgehead atoms. The van der Waals surface area contributed by atoms with Gasteiger partial charge < -0.3 is 10.2 Å². The Morgan fingerprint density at radius 2 is 2.05 bits per heavy atom. The van der Waals surface area contributed by atoms with Gasteiger partial charge in [0, 0.05) is 44.0 Å². The number of piperazine rings is 1. The molecule has 1 N–H and O–H groups in total. The lowest BCUT2D eigenvalue weighted by Gasteiger charge is -2.40. The average Bonchev–Trinajstić information content (AvgIpc) is 3.30. The number of likely N-dealkylation sites (N-methyl/N-ethyl adjacent to an activating group) is 1. The predicted octanol–water partition coefficient (Wildman–Crippen LogP) is 2.78. The molecule has 116 valence electrons. The summed E-state index contributed by atoms with van der Waals surface area (Å²) in [6.07, 6.45) is 2.72. The standard InChI is InChI=1S/C18H29N3/c1-4-20-9-10-21(13-15(20)3)18-8-5-16(14(2)11-18)12-19-17-6-7-17/h5,8,11,15,17,19H,4,6-7,9-10,12-13H2,1-3H3. The third-order valence-corrected chi connectivity index (χ3v) is 5.02. The van der Waals surface area contributed by atoms with Crippen LogP contribution in [0.4, 0.5) is 5.69 Å². The Balaban J connectivity index is 1.64. The summed E-state index contributed by atoms with van der Waals surface area (Å²) >= 11 is 0. The van der Waals surface area contributed by atoms with Crippen molar-refractivity contribution in [3.63, 3.8) is 0 Å². The molecule has 3 heteroatoms. The number of aryl methyl sites for hydroxylation is 1. The quantitative estimate of drug-likeness (QED) is 0.898. The molecular weight excluding hydrogens is 258 g/mol. The summed E-state index contributed by atoms with van der Waals surface area (Å²) in [6, 6.07) is 8.44. The maximum absolute atomic E-state index is 3.61. The summed E-state index contributed by atoms with van der Waals surface area (Å²) < 4.78 is 0. The molecule has 3 nitrogen and oxygen atoms in total. The number of hydrogen-bond acceptors (Lipinski definition) is 3. The summed E-state index contributed by atoms with van der Waals surface area (Å²) in [6.45, 7) is 12.5. The van der Waals surface area contributed by atoms with E-state index in [4.69, 9.17) is 0 Å². The van der Waals surface area contributed by atoms with Crippen LogP contribution in [-0.2, 0) is 6.54 Å². The van der Waals surface area contributed by atoms with Crippen LogP contribution in [0.3, 0.4) is 0 Å². The van der Waals surface area contributed by atoms with E-state index in [1.165, 1.54) is 42.7 Å². The summed E-state index contributed by atoms with van der Waals surface area (Å²) in [5.41, 5.74) is 4.27. The number of nitrogens with zero attached hydrogens (tertiary/aromatic N) is 2. The van der Waals surface area contributed by atoms with Gasteiger partial charge in [-0.05, 0) is 56.5 Å². The van der Waals surface area contributed by atoms with Crippen LogP contribution >= 0.6 is 0 Å². The van der Waals surface area contributed by atoms with Gasteiger partial charge in [-0.25, -0.2) is 0 Å². The minimum absolute atomic E-state index is 0.653. The van der Waals surface area contributed by atoms with Crippen LogP contribution in [0.2, 0.25) is 0 Å². The molecule has 1 atom stereocenters. The van der Waals surface area contributed by atoms with Crippen molar-refractivity contribution in [1.82, 2.24) is 10.2 Å². The highest BCUT2D eigenvalue weighted by molar-refractivity contribution is 5.51. The summed E-state index contributed by atoms with van der Waals surface area (Å²) in [5, 5.41) is 3.61. The second-order valence-corrected chi connectivity index (χ2v) is 6.69. The topological polar surface area (TPSA) is 18.5 Å². The molecule has 1 aromatic carbocycles. The third-order valence-electron chi connectivity index (χ3n) is 5.02. The lowest BCUT2D eigenvalue weighted by atomic mass is 10.1. The second-order valence-electron chi connectivity index (χ2n) is 6.69. The van der Waals surface area contributed by atoms with Crippen molar-refractivity contribution in [3.05, 3.63) is 29.3 Å². The van der Waals surface area contributed by atoms with E-state index < -0.39 is 0 Å². The maximum atomic E-state index is 3.61. The van der Waals surface area contributed by atoms with Crippen LogP contribution in [0.25, 0.3) is 0 Å². The molecule has 2 fully saturated rings. The molecule has 21 heavy (non-hydrogen) atoms. The molecule has 0 spiro atoms. The molecule has 0 amide bonds. The highest BCUT2D eigenvalue weighted by Gasteiger charge is 2.23. The van der Waals surface area contributed by atoms with Gasteiger partial charge in [-0.1, -0.05) is 13.0 Å². The van der Waals surface area contributed by atoms with Gasteiger partial charge >= 0.3 is 0 Å². The first-order chi connectivity index (χ1) is 10.2. The molecule has 1 unspecified atom stereocenters. The zero-order chi connectivity index (χ0) is 14.8. The predicted molar refractivity (Wildman–Crippen MR) is 90.0 cm³/mol. The van der Waals surface area contributed by atoms with Crippen LogP contribution in [-0.4, -0.2) is 43.2 Å². The van der Waals surface area contributed by atoms with Crippen molar-refractivity contribution in [2.45, 2.75) is 52.2 Å². The minimum atomic E-state index is 0.653. The van der Waals surface area contributed by atoms with E-state index in [0.29, 0.717) is 6.04 Å². The van der Waals surface area contributed by atoms with Crippen LogP contribution in [0, 0.1) is 6.92 Å². The van der Waals surface area contributed by atoms with Crippen LogP contribution in [0.15, 0.2) is 18.2 Å². The second kappa shape index (κ2) is 6.37. The van der Waals surface area contributed by atoms with Crippen LogP contribution in [0.5, 0.6) is 0 Å². The molecule has 3 rings (SSSR count). The molecule has 1 saturated heterocycles. The number of benzene rings is 1. The molecule has 1 aliphatic heterocycles. The number of nitrogens with one attached hydrogen (secondary N) is 1. The van der Waals surface area contributed by atoms with E-state index >= 15 is 0 Å². The lowest BCUT2D eigenvalue weighted by Crippen LogP contribution is -2.51. The monoisotopic (exact) mass is 287 g/mol. The third kappa shape index (κ3) is 3.58. The van der Waals surface area contributed by atoms with Gasteiger partial charge in [0.25, 0.3) is 0 Å².